The molecule has 6 nitrogen and oxygen atoms in total. The van der Waals surface area contributed by atoms with Gasteiger partial charge in [-0.2, -0.15) is 0 Å². The van der Waals surface area contributed by atoms with Gasteiger partial charge in [0.15, 0.2) is 0 Å². The lowest BCUT2D eigenvalue weighted by atomic mass is 9.92. The van der Waals surface area contributed by atoms with Gasteiger partial charge in [0.2, 0.25) is 5.91 Å². The molecule has 2 amide bonds. The third-order valence-corrected chi connectivity index (χ3v) is 5.14. The zero-order valence-electron chi connectivity index (χ0n) is 16.3. The van der Waals surface area contributed by atoms with Gasteiger partial charge >= 0.3 is 6.09 Å². The fourth-order valence-corrected chi connectivity index (χ4v) is 3.77. The summed E-state index contributed by atoms with van der Waals surface area (Å²) in [5, 5.41) is 3.36. The van der Waals surface area contributed by atoms with E-state index in [1.165, 1.54) is 0 Å². The van der Waals surface area contributed by atoms with E-state index in [1.54, 1.807) is 4.90 Å². The molecule has 0 saturated carbocycles. The average Bonchev–Trinajstić information content (AvgIpc) is 2.55. The molecule has 2 fully saturated rings. The van der Waals surface area contributed by atoms with E-state index in [0.29, 0.717) is 31.5 Å². The van der Waals surface area contributed by atoms with E-state index in [9.17, 15) is 9.59 Å². The molecule has 0 aromatic carbocycles. The van der Waals surface area contributed by atoms with E-state index in [4.69, 9.17) is 4.74 Å². The Morgan fingerprint density at radius 1 is 1.12 bits per heavy atom. The van der Waals surface area contributed by atoms with Crippen molar-refractivity contribution in [3.05, 3.63) is 0 Å². The van der Waals surface area contributed by atoms with Crippen LogP contribution in [0.2, 0.25) is 0 Å². The van der Waals surface area contributed by atoms with Crippen molar-refractivity contribution < 1.29 is 14.3 Å². The number of amides is 2. The number of hydrogen-bond acceptors (Lipinski definition) is 4. The van der Waals surface area contributed by atoms with E-state index in [0.717, 1.165) is 45.3 Å². The van der Waals surface area contributed by atoms with E-state index < -0.39 is 5.60 Å². The molecule has 0 atom stereocenters. The van der Waals surface area contributed by atoms with Crippen LogP contribution < -0.4 is 5.32 Å². The fourth-order valence-electron chi connectivity index (χ4n) is 3.77. The van der Waals surface area contributed by atoms with Crippen LogP contribution in [0.3, 0.4) is 0 Å². The lowest BCUT2D eigenvalue weighted by molar-refractivity contribution is -0.135. The minimum Gasteiger partial charge on any atom is -0.444 e. The molecule has 2 aliphatic rings. The maximum atomic E-state index is 12.7. The van der Waals surface area contributed by atoms with Gasteiger partial charge in [-0.25, -0.2) is 4.79 Å². The van der Waals surface area contributed by atoms with Gasteiger partial charge in [-0.15, -0.1) is 0 Å². The molecular weight excluding hydrogens is 318 g/mol. The second kappa shape index (κ2) is 8.88. The Morgan fingerprint density at radius 2 is 1.72 bits per heavy atom. The molecule has 0 bridgehead atoms. The SMILES string of the molecule is CCN(C(=O)CC1CCN(C(=O)OC(C)(C)C)CC1)C1CCNCC1. The highest BCUT2D eigenvalue weighted by atomic mass is 16.6. The standard InChI is InChI=1S/C19H35N3O3/c1-5-22(16-6-10-20-11-7-16)17(23)14-15-8-12-21(13-9-15)18(24)25-19(2,3)4/h15-16,20H,5-14H2,1-4H3. The van der Waals surface area contributed by atoms with Gasteiger partial charge in [0.05, 0.1) is 0 Å². The van der Waals surface area contributed by atoms with Crippen molar-refractivity contribution in [2.75, 3.05) is 32.7 Å². The molecule has 2 heterocycles. The second-order valence-electron chi connectivity index (χ2n) is 8.28. The van der Waals surface area contributed by atoms with Crippen LogP contribution in [-0.2, 0) is 9.53 Å². The maximum absolute atomic E-state index is 12.7. The highest BCUT2D eigenvalue weighted by molar-refractivity contribution is 5.77. The average molecular weight is 354 g/mol. The molecule has 0 aromatic rings. The van der Waals surface area contributed by atoms with E-state index in [-0.39, 0.29) is 12.0 Å². The van der Waals surface area contributed by atoms with Crippen molar-refractivity contribution in [2.45, 2.75) is 71.4 Å². The summed E-state index contributed by atoms with van der Waals surface area (Å²) in [4.78, 5) is 28.7. The lowest BCUT2D eigenvalue weighted by Gasteiger charge is -2.36. The maximum Gasteiger partial charge on any atom is 0.410 e. The Labute approximate surface area is 152 Å². The molecule has 2 aliphatic heterocycles. The Kier molecular flexibility index (Phi) is 7.11. The first-order valence-electron chi connectivity index (χ1n) is 9.78. The van der Waals surface area contributed by atoms with Gasteiger partial charge in [-0.3, -0.25) is 4.79 Å². The van der Waals surface area contributed by atoms with Gasteiger partial charge in [0, 0.05) is 32.1 Å². The predicted octanol–water partition coefficient (Wildman–Crippen LogP) is 2.62. The number of ether oxygens (including phenoxy) is 1. The largest absolute Gasteiger partial charge is 0.444 e. The number of nitrogens with one attached hydrogen (secondary N) is 1. The summed E-state index contributed by atoms with van der Waals surface area (Å²) in [6.07, 6.45) is 4.25. The van der Waals surface area contributed by atoms with Gasteiger partial charge in [0.1, 0.15) is 5.60 Å². The van der Waals surface area contributed by atoms with Crippen LogP contribution in [0.25, 0.3) is 0 Å². The Bertz CT molecular complexity index is 447. The van der Waals surface area contributed by atoms with Gasteiger partial charge < -0.3 is 19.9 Å². The minimum atomic E-state index is -0.458. The van der Waals surface area contributed by atoms with Gasteiger partial charge in [-0.05, 0) is 72.4 Å². The van der Waals surface area contributed by atoms with Crippen LogP contribution in [0.4, 0.5) is 4.79 Å². The molecule has 25 heavy (non-hydrogen) atoms. The molecule has 2 saturated heterocycles. The third-order valence-electron chi connectivity index (χ3n) is 5.14. The topological polar surface area (TPSA) is 61.9 Å². The van der Waals surface area contributed by atoms with Crippen LogP contribution in [-0.4, -0.2) is 66.2 Å². The summed E-state index contributed by atoms with van der Waals surface area (Å²) in [6.45, 7) is 11.9. The molecule has 0 aliphatic carbocycles. The van der Waals surface area contributed by atoms with Crippen LogP contribution in [0.1, 0.15) is 59.8 Å². The second-order valence-corrected chi connectivity index (χ2v) is 8.28. The highest BCUT2D eigenvalue weighted by Crippen LogP contribution is 2.24. The van der Waals surface area contributed by atoms with Crippen LogP contribution in [0.15, 0.2) is 0 Å². The molecular formula is C19H35N3O3. The molecule has 6 heteroatoms. The molecule has 2 rings (SSSR count). The minimum absolute atomic E-state index is 0.234. The normalized spacial score (nSPS) is 20.4. The molecule has 144 valence electrons. The molecule has 1 N–H and O–H groups in total. The monoisotopic (exact) mass is 353 g/mol. The fraction of sp³-hybridized carbons (Fsp3) is 0.895. The smallest absolute Gasteiger partial charge is 0.410 e. The molecule has 0 aromatic heterocycles. The van der Waals surface area contributed by atoms with Crippen molar-refractivity contribution in [3.63, 3.8) is 0 Å². The van der Waals surface area contributed by atoms with Crippen LogP contribution >= 0.6 is 0 Å². The summed E-state index contributed by atoms with van der Waals surface area (Å²) in [7, 11) is 0. The number of carbonyl (C=O) groups is 2. The predicted molar refractivity (Wildman–Crippen MR) is 98.4 cm³/mol. The number of carbonyl (C=O) groups excluding carboxylic acids is 2. The van der Waals surface area contributed by atoms with Crippen molar-refractivity contribution in [2.24, 2.45) is 5.92 Å². The summed E-state index contributed by atoms with van der Waals surface area (Å²) in [5.74, 6) is 0.659. The van der Waals surface area contributed by atoms with Crippen molar-refractivity contribution in [3.8, 4) is 0 Å². The van der Waals surface area contributed by atoms with Crippen LogP contribution in [0.5, 0.6) is 0 Å². The van der Waals surface area contributed by atoms with Crippen LogP contribution in [0, 0.1) is 5.92 Å². The lowest BCUT2D eigenvalue weighted by Crippen LogP contribution is -2.47. The molecule has 0 spiro atoms. The Hall–Kier alpha value is -1.30. The molecule has 0 unspecified atom stereocenters. The first-order valence-corrected chi connectivity index (χ1v) is 9.78. The van der Waals surface area contributed by atoms with Gasteiger partial charge in [-0.1, -0.05) is 0 Å². The van der Waals surface area contributed by atoms with E-state index >= 15 is 0 Å². The number of likely N-dealkylation sites (tertiary alicyclic amines) is 1. The number of piperidine rings is 2. The molecule has 0 radical (unpaired) electrons. The number of nitrogens with zero attached hydrogens (tertiary/aromatic N) is 2. The van der Waals surface area contributed by atoms with Crippen molar-refractivity contribution in [1.82, 2.24) is 15.1 Å². The van der Waals surface area contributed by atoms with Crippen molar-refractivity contribution >= 4 is 12.0 Å². The van der Waals surface area contributed by atoms with E-state index in [2.05, 4.69) is 17.1 Å². The summed E-state index contributed by atoms with van der Waals surface area (Å²) in [6, 6.07) is 0.389. The zero-order valence-corrected chi connectivity index (χ0v) is 16.3. The van der Waals surface area contributed by atoms with E-state index in [1.807, 2.05) is 20.8 Å². The number of rotatable bonds is 4. The Balaban J connectivity index is 1.78. The zero-order chi connectivity index (χ0) is 18.4. The third kappa shape index (κ3) is 6.17. The Morgan fingerprint density at radius 3 is 2.24 bits per heavy atom. The first kappa shape index (κ1) is 20.0. The summed E-state index contributed by atoms with van der Waals surface area (Å²) in [5.41, 5.74) is -0.458. The first-order chi connectivity index (χ1) is 11.8. The highest BCUT2D eigenvalue weighted by Gasteiger charge is 2.30. The van der Waals surface area contributed by atoms with Crippen molar-refractivity contribution in [1.29, 1.82) is 0 Å². The van der Waals surface area contributed by atoms with Gasteiger partial charge in [0.25, 0.3) is 0 Å². The quantitative estimate of drug-likeness (QED) is 0.844. The summed E-state index contributed by atoms with van der Waals surface area (Å²) >= 11 is 0. The number of hydrogen-bond donors (Lipinski definition) is 1. The summed E-state index contributed by atoms with van der Waals surface area (Å²) < 4.78 is 5.43.